The van der Waals surface area contributed by atoms with Crippen LogP contribution in [0.25, 0.3) is 0 Å². The summed E-state index contributed by atoms with van der Waals surface area (Å²) in [5, 5.41) is 25.9. The molecule has 0 bridgehead atoms. The first-order valence-corrected chi connectivity index (χ1v) is 33.5. The van der Waals surface area contributed by atoms with Crippen LogP contribution in [0.4, 0.5) is 0 Å². The molecule has 4 saturated carbocycles. The first-order valence-electron chi connectivity index (χ1n) is 27.8. The second-order valence-electron chi connectivity index (χ2n) is 22.6. The predicted molar refractivity (Wildman–Crippen MR) is 301 cm³/mol. The van der Waals surface area contributed by atoms with Gasteiger partial charge in [0, 0.05) is 35.6 Å². The van der Waals surface area contributed by atoms with Crippen molar-refractivity contribution in [1.82, 2.24) is 22.9 Å². The molecule has 83 heavy (non-hydrogen) atoms. The van der Waals surface area contributed by atoms with Crippen LogP contribution in [0.3, 0.4) is 0 Å². The van der Waals surface area contributed by atoms with E-state index >= 15 is 0 Å². The van der Waals surface area contributed by atoms with Gasteiger partial charge in [-0.05, 0) is 196 Å². The summed E-state index contributed by atoms with van der Waals surface area (Å²) in [5.41, 5.74) is 5.99. The van der Waals surface area contributed by atoms with Gasteiger partial charge in [-0.25, -0.2) is 9.59 Å². The molecule has 2 amide bonds. The van der Waals surface area contributed by atoms with E-state index in [0.717, 1.165) is 77.0 Å². The molecule has 4 fully saturated rings. The number of amides is 2. The molecule has 0 heterocycles. The molecule has 0 spiro atoms. The topological polar surface area (TPSA) is 314 Å². The second-order valence-corrected chi connectivity index (χ2v) is 25.9. The fourth-order valence-corrected chi connectivity index (χ4v) is 14.4. The number of rotatable bonds is 16. The van der Waals surface area contributed by atoms with Gasteiger partial charge in [-0.3, -0.25) is 19.2 Å². The number of esters is 4. The Balaban J connectivity index is 0.000000249. The molecule has 0 radical (unpaired) electrons. The van der Waals surface area contributed by atoms with Crippen molar-refractivity contribution in [1.29, 1.82) is 0 Å². The monoisotopic (exact) mass is 1360 g/mol. The molecule has 18 nitrogen and oxygen atoms in total. The van der Waals surface area contributed by atoms with Crippen LogP contribution in [0.2, 0.25) is 0 Å². The number of fused-ring (bicyclic) bond motifs is 10. The standard InChI is InChI=1S/2C31H35NO7.2ClH.2H3N.Pt/c2*1-31-16-15-23-22-10-8-21(38-30(37)19-5-3-2-4-6-19)17-20(22)7-9-24(23)25(31)11-12-26(31)39-29(36)18-32-27(33)13-14-28(34)35;;;;;/h2*2-6,8,10,17,23-26H,7,9,11-16,18H2,1H3,(H,32,33)(H,34,35);2*1H;2*1H3;/q;;;;;;+4/p-4/t2*23-,24-,25+,26+,31+;;;;;/m11...../s1. The Bertz CT molecular complexity index is 2760. The molecule has 6 aliphatic carbocycles. The van der Waals surface area contributed by atoms with Crippen LogP contribution in [-0.4, -0.2) is 72.9 Å². The molecule has 0 unspecified atom stereocenters. The van der Waals surface area contributed by atoms with E-state index in [4.69, 9.17) is 37.8 Å². The summed E-state index contributed by atoms with van der Waals surface area (Å²) in [4.78, 5) is 94.5. The van der Waals surface area contributed by atoms with Crippen molar-refractivity contribution >= 4 is 66.5 Å². The van der Waals surface area contributed by atoms with Crippen LogP contribution >= 0.6 is 18.8 Å². The Morgan fingerprint density at radius 3 is 1.27 bits per heavy atom. The molecule has 10 atom stereocenters. The number of carbonyl (C=O) groups excluding carboxylic acids is 8. The van der Waals surface area contributed by atoms with Gasteiger partial charge in [0.15, 0.2) is 0 Å². The third kappa shape index (κ3) is 16.2. The fraction of sp³-hybridized carbons (Fsp3) is 0.484. The average Bonchev–Trinajstić information content (AvgIpc) is 2.87. The van der Waals surface area contributed by atoms with Gasteiger partial charge in [-0.2, -0.15) is 0 Å². The summed E-state index contributed by atoms with van der Waals surface area (Å²) < 4.78 is 23.0. The zero-order chi connectivity index (χ0) is 57.8. The summed E-state index contributed by atoms with van der Waals surface area (Å²) in [7, 11) is 9.75. The molecule has 450 valence electrons. The maximum atomic E-state index is 12.5. The average molecular weight is 1370 g/mol. The summed E-state index contributed by atoms with van der Waals surface area (Å²) in [6.45, 7) is 3.94. The quantitative estimate of drug-likeness (QED) is 0.0605. The Labute approximate surface area is 500 Å². The van der Waals surface area contributed by atoms with E-state index in [0.29, 0.717) is 58.1 Å². The molecular formula is C62H74Cl2N4O14Pt. The van der Waals surface area contributed by atoms with E-state index in [-0.39, 0.29) is 86.1 Å². The third-order valence-electron chi connectivity index (χ3n) is 18.2. The Hall–Kier alpha value is -6.17. The van der Waals surface area contributed by atoms with Gasteiger partial charge in [-0.15, -0.1) is 0 Å². The van der Waals surface area contributed by atoms with Crippen molar-refractivity contribution < 1.29 is 84.0 Å². The number of ether oxygens (including phenoxy) is 4. The summed E-state index contributed by atoms with van der Waals surface area (Å²) in [6, 6.07) is 30.0. The number of nitrogens with one attached hydrogen (secondary N) is 2. The number of aryl methyl sites for hydroxylation is 2. The first kappa shape index (κ1) is 66.0. The van der Waals surface area contributed by atoms with Gasteiger partial charge in [0.25, 0.3) is 0 Å². The van der Waals surface area contributed by atoms with Gasteiger partial charge in [0.2, 0.25) is 11.8 Å². The van der Waals surface area contributed by atoms with Gasteiger partial charge in [-0.1, -0.05) is 62.4 Å². The van der Waals surface area contributed by atoms with Crippen molar-refractivity contribution in [3.05, 3.63) is 130 Å². The zero-order valence-corrected chi connectivity index (χ0v) is 50.6. The third-order valence-corrected chi connectivity index (χ3v) is 18.2. The SMILES string of the molecule is C[C@]12CC[C@@H]3c4ccc(OC(=O)c5ccccc5)cc4CC[C@H]3[C@@H]1CC[C@@H]2OC(=O)CNC(=O)CCC(=O)[O-].C[C@]12CC[C@@H]3c4ccc(OC(=O)c5ccccc5)cc4CC[C@H]3[C@@H]1CC[C@@H]2OC(=O)CNC(=O)CCC(=O)[O-].N.N.[Cl][Pt+2][Cl]. The molecule has 0 aromatic heterocycles. The van der Waals surface area contributed by atoms with Crippen molar-refractivity contribution in [2.24, 2.45) is 34.5 Å². The molecule has 0 aliphatic heterocycles. The fourth-order valence-electron chi connectivity index (χ4n) is 14.4. The molecule has 10 rings (SSSR count). The number of hydrogen-bond acceptors (Lipinski definition) is 16. The van der Waals surface area contributed by atoms with E-state index < -0.39 is 52.2 Å². The molecule has 0 saturated heterocycles. The van der Waals surface area contributed by atoms with Crippen molar-refractivity contribution in [2.75, 3.05) is 13.1 Å². The Morgan fingerprint density at radius 1 is 0.530 bits per heavy atom. The van der Waals surface area contributed by atoms with E-state index in [9.17, 15) is 48.6 Å². The van der Waals surface area contributed by atoms with Gasteiger partial charge in [0.05, 0.1) is 11.1 Å². The van der Waals surface area contributed by atoms with Crippen LogP contribution in [-0.2, 0) is 67.6 Å². The summed E-state index contributed by atoms with van der Waals surface area (Å²) in [5.74, 6) is -1.42. The summed E-state index contributed by atoms with van der Waals surface area (Å²) >= 11 is -0.472. The Kier molecular flexibility index (Phi) is 23.9. The zero-order valence-electron chi connectivity index (χ0n) is 46.8. The molecule has 21 heteroatoms. The van der Waals surface area contributed by atoms with Crippen molar-refractivity contribution in [3.8, 4) is 11.5 Å². The number of aliphatic carboxylic acids is 2. The van der Waals surface area contributed by atoms with Gasteiger partial charge in [0.1, 0.15) is 36.8 Å². The number of carboxylic acids is 2. The summed E-state index contributed by atoms with van der Waals surface area (Å²) in [6.07, 6.45) is 9.81. The first-order chi connectivity index (χ1) is 38.9. The van der Waals surface area contributed by atoms with Crippen LogP contribution in [0.5, 0.6) is 11.5 Å². The molecule has 8 N–H and O–H groups in total. The molecule has 4 aromatic rings. The number of carbonyl (C=O) groups is 8. The van der Waals surface area contributed by atoms with E-state index in [1.165, 1.54) is 22.3 Å². The number of carboxylic acid groups (broad SMARTS) is 2. The number of halogens is 2. The van der Waals surface area contributed by atoms with Gasteiger partial charge < -0.3 is 61.7 Å². The van der Waals surface area contributed by atoms with Crippen molar-refractivity contribution in [3.63, 3.8) is 0 Å². The molecule has 4 aromatic carbocycles. The second kappa shape index (κ2) is 30.1. The van der Waals surface area contributed by atoms with E-state index in [1.807, 2.05) is 60.7 Å². The number of hydrogen-bond donors (Lipinski definition) is 4. The van der Waals surface area contributed by atoms with Crippen LogP contribution in [0.15, 0.2) is 97.1 Å². The minimum atomic E-state index is -1.30. The number of benzene rings is 4. The molecule has 6 aliphatic rings. The predicted octanol–water partition coefficient (Wildman–Crippen LogP) is 8.34. The van der Waals surface area contributed by atoms with Crippen LogP contribution in [0.1, 0.15) is 159 Å². The maximum absolute atomic E-state index is 12.5. The molecular weight excluding hydrogens is 1290 g/mol. The van der Waals surface area contributed by atoms with Crippen molar-refractivity contribution in [2.45, 2.75) is 141 Å². The minimum absolute atomic E-state index is 0. The van der Waals surface area contributed by atoms with Crippen LogP contribution in [0, 0.1) is 34.5 Å². The Morgan fingerprint density at radius 2 is 0.904 bits per heavy atom. The van der Waals surface area contributed by atoms with Gasteiger partial charge >= 0.3 is 59.2 Å². The van der Waals surface area contributed by atoms with E-state index in [2.05, 4.69) is 36.6 Å². The normalized spacial score (nSPS) is 25.5. The van der Waals surface area contributed by atoms with E-state index in [1.54, 1.807) is 24.3 Å². The van der Waals surface area contributed by atoms with Crippen LogP contribution < -0.4 is 42.6 Å².